The van der Waals surface area contributed by atoms with Gasteiger partial charge in [-0.1, -0.05) is 0 Å². The van der Waals surface area contributed by atoms with E-state index in [1.807, 2.05) is 31.4 Å². The van der Waals surface area contributed by atoms with Crippen molar-refractivity contribution in [3.63, 3.8) is 0 Å². The lowest BCUT2D eigenvalue weighted by Crippen LogP contribution is -2.25. The maximum absolute atomic E-state index is 5.45. The van der Waals surface area contributed by atoms with Crippen molar-refractivity contribution in [2.45, 2.75) is 32.0 Å². The highest BCUT2D eigenvalue weighted by molar-refractivity contribution is 5.42. The minimum atomic E-state index is 0.685. The van der Waals surface area contributed by atoms with Gasteiger partial charge >= 0.3 is 0 Å². The molecule has 0 unspecified atom stereocenters. The summed E-state index contributed by atoms with van der Waals surface area (Å²) in [6.45, 7) is 1.74. The molecule has 2 heterocycles. The van der Waals surface area contributed by atoms with Crippen LogP contribution in [-0.4, -0.2) is 23.0 Å². The predicted molar refractivity (Wildman–Crippen MR) is 74.8 cm³/mol. The van der Waals surface area contributed by atoms with Crippen molar-refractivity contribution >= 4 is 5.69 Å². The summed E-state index contributed by atoms with van der Waals surface area (Å²) in [5.74, 6) is 1.02. The summed E-state index contributed by atoms with van der Waals surface area (Å²) >= 11 is 0. The number of aromatic nitrogens is 1. The third kappa shape index (κ3) is 3.15. The lowest BCUT2D eigenvalue weighted by atomic mass is 10.2. The highest BCUT2D eigenvalue weighted by atomic mass is 16.3. The molecule has 1 aliphatic carbocycles. The summed E-state index contributed by atoms with van der Waals surface area (Å²) in [6, 6.07) is 8.76. The topological polar surface area (TPSA) is 41.3 Å². The molecule has 0 amide bonds. The van der Waals surface area contributed by atoms with Gasteiger partial charge in [0.15, 0.2) is 0 Å². The number of hydrogen-bond donors (Lipinski definition) is 1. The molecule has 4 heteroatoms. The van der Waals surface area contributed by atoms with E-state index in [4.69, 9.17) is 4.42 Å². The summed E-state index contributed by atoms with van der Waals surface area (Å²) in [6.07, 6.45) is 6.16. The zero-order valence-electron chi connectivity index (χ0n) is 11.2. The van der Waals surface area contributed by atoms with E-state index >= 15 is 0 Å². The van der Waals surface area contributed by atoms with Crippen LogP contribution >= 0.6 is 0 Å². The quantitative estimate of drug-likeness (QED) is 0.864. The molecule has 1 saturated carbocycles. The molecule has 0 saturated heterocycles. The Labute approximate surface area is 113 Å². The van der Waals surface area contributed by atoms with Crippen molar-refractivity contribution in [1.82, 2.24) is 9.88 Å². The van der Waals surface area contributed by atoms with Crippen molar-refractivity contribution in [1.29, 1.82) is 0 Å². The average molecular weight is 257 g/mol. The monoisotopic (exact) mass is 257 g/mol. The van der Waals surface area contributed by atoms with Gasteiger partial charge in [-0.2, -0.15) is 0 Å². The van der Waals surface area contributed by atoms with Crippen molar-refractivity contribution in [2.75, 3.05) is 12.4 Å². The standard InChI is InChI=1S/C15H19N3O/c1-16-12-6-7-17-13(9-12)10-18(14-4-5-14)11-15-3-2-8-19-15/h2-3,6-9,14H,4-5,10-11H2,1H3,(H,16,17). The van der Waals surface area contributed by atoms with Crippen molar-refractivity contribution in [3.05, 3.63) is 48.2 Å². The zero-order valence-corrected chi connectivity index (χ0v) is 11.2. The van der Waals surface area contributed by atoms with Gasteiger partial charge in [-0.3, -0.25) is 9.88 Å². The van der Waals surface area contributed by atoms with E-state index < -0.39 is 0 Å². The first-order chi connectivity index (χ1) is 9.35. The lowest BCUT2D eigenvalue weighted by molar-refractivity contribution is 0.222. The van der Waals surface area contributed by atoms with Crippen LogP contribution in [0.5, 0.6) is 0 Å². The number of hydrogen-bond acceptors (Lipinski definition) is 4. The first kappa shape index (κ1) is 12.2. The Bertz CT molecular complexity index is 520. The van der Waals surface area contributed by atoms with E-state index in [1.54, 1.807) is 6.26 Å². The van der Waals surface area contributed by atoms with Crippen molar-refractivity contribution < 1.29 is 4.42 Å². The Kier molecular flexibility index (Phi) is 3.51. The molecule has 0 spiro atoms. The molecular weight excluding hydrogens is 238 g/mol. The Morgan fingerprint density at radius 1 is 1.37 bits per heavy atom. The molecule has 2 aromatic rings. The first-order valence-electron chi connectivity index (χ1n) is 6.74. The van der Waals surface area contributed by atoms with Crippen LogP contribution in [0.4, 0.5) is 5.69 Å². The van der Waals surface area contributed by atoms with E-state index in [-0.39, 0.29) is 0 Å². The van der Waals surface area contributed by atoms with E-state index in [0.717, 1.165) is 30.2 Å². The van der Waals surface area contributed by atoms with E-state index in [1.165, 1.54) is 12.8 Å². The van der Waals surface area contributed by atoms with Gasteiger partial charge in [-0.25, -0.2) is 0 Å². The molecule has 3 rings (SSSR count). The fourth-order valence-electron chi connectivity index (χ4n) is 2.28. The molecule has 19 heavy (non-hydrogen) atoms. The van der Waals surface area contributed by atoms with Crippen LogP contribution in [-0.2, 0) is 13.1 Å². The molecule has 0 radical (unpaired) electrons. The zero-order chi connectivity index (χ0) is 13.1. The predicted octanol–water partition coefficient (Wildman–Crippen LogP) is 2.88. The van der Waals surface area contributed by atoms with E-state index in [2.05, 4.69) is 21.3 Å². The number of furan rings is 1. The summed E-state index contributed by atoms with van der Waals surface area (Å²) in [7, 11) is 1.93. The van der Waals surface area contributed by atoms with Crippen LogP contribution < -0.4 is 5.32 Å². The highest BCUT2D eigenvalue weighted by Gasteiger charge is 2.29. The summed E-state index contributed by atoms with van der Waals surface area (Å²) < 4.78 is 5.45. The van der Waals surface area contributed by atoms with Gasteiger partial charge in [0.05, 0.1) is 18.5 Å². The van der Waals surface area contributed by atoms with Gasteiger partial charge in [0, 0.05) is 31.5 Å². The van der Waals surface area contributed by atoms with Gasteiger partial charge in [0.2, 0.25) is 0 Å². The molecule has 100 valence electrons. The normalized spacial score (nSPS) is 14.8. The Balaban J connectivity index is 1.70. The molecule has 2 aromatic heterocycles. The van der Waals surface area contributed by atoms with Gasteiger partial charge in [0.1, 0.15) is 5.76 Å². The van der Waals surface area contributed by atoms with Gasteiger partial charge in [-0.05, 0) is 37.1 Å². The molecule has 4 nitrogen and oxygen atoms in total. The maximum atomic E-state index is 5.45. The average Bonchev–Trinajstić information content (AvgIpc) is 3.17. The number of rotatable bonds is 6. The molecule has 1 fully saturated rings. The van der Waals surface area contributed by atoms with Crippen LogP contribution in [0.2, 0.25) is 0 Å². The van der Waals surface area contributed by atoms with Crippen LogP contribution in [0.1, 0.15) is 24.3 Å². The second kappa shape index (κ2) is 5.45. The highest BCUT2D eigenvalue weighted by Crippen LogP contribution is 2.29. The van der Waals surface area contributed by atoms with E-state index in [9.17, 15) is 0 Å². The third-order valence-electron chi connectivity index (χ3n) is 3.47. The molecule has 0 aromatic carbocycles. The second-order valence-corrected chi connectivity index (χ2v) is 5.00. The summed E-state index contributed by atoms with van der Waals surface area (Å²) in [5, 5.41) is 3.15. The number of nitrogens with zero attached hydrogens (tertiary/aromatic N) is 2. The summed E-state index contributed by atoms with van der Waals surface area (Å²) in [4.78, 5) is 6.90. The number of pyridine rings is 1. The fraction of sp³-hybridized carbons (Fsp3) is 0.400. The molecule has 1 N–H and O–H groups in total. The Hall–Kier alpha value is -1.81. The summed E-state index contributed by atoms with van der Waals surface area (Å²) in [5.41, 5.74) is 2.21. The Morgan fingerprint density at radius 2 is 2.26 bits per heavy atom. The first-order valence-corrected chi connectivity index (χ1v) is 6.74. The van der Waals surface area contributed by atoms with Gasteiger partial charge < -0.3 is 9.73 Å². The molecule has 0 aliphatic heterocycles. The molecule has 0 atom stereocenters. The molecule has 1 aliphatic rings. The second-order valence-electron chi connectivity index (χ2n) is 5.00. The largest absolute Gasteiger partial charge is 0.468 e. The minimum absolute atomic E-state index is 0.685. The molecule has 0 bridgehead atoms. The smallest absolute Gasteiger partial charge is 0.117 e. The number of nitrogens with one attached hydrogen (secondary N) is 1. The molecular formula is C15H19N3O. The van der Waals surface area contributed by atoms with Crippen molar-refractivity contribution in [3.8, 4) is 0 Å². The Morgan fingerprint density at radius 3 is 2.95 bits per heavy atom. The van der Waals surface area contributed by atoms with Gasteiger partial charge in [0.25, 0.3) is 0 Å². The lowest BCUT2D eigenvalue weighted by Gasteiger charge is -2.20. The van der Waals surface area contributed by atoms with Crippen LogP contribution in [0.15, 0.2) is 41.1 Å². The minimum Gasteiger partial charge on any atom is -0.468 e. The van der Waals surface area contributed by atoms with Crippen molar-refractivity contribution in [2.24, 2.45) is 0 Å². The number of anilines is 1. The SMILES string of the molecule is CNc1ccnc(CN(Cc2ccco2)C2CC2)c1. The van der Waals surface area contributed by atoms with Crippen LogP contribution in [0.25, 0.3) is 0 Å². The van der Waals surface area contributed by atoms with Gasteiger partial charge in [-0.15, -0.1) is 0 Å². The fourth-order valence-corrected chi connectivity index (χ4v) is 2.28. The third-order valence-corrected chi connectivity index (χ3v) is 3.47. The van der Waals surface area contributed by atoms with Crippen LogP contribution in [0.3, 0.4) is 0 Å². The van der Waals surface area contributed by atoms with Crippen LogP contribution in [0, 0.1) is 0 Å². The van der Waals surface area contributed by atoms with E-state index in [0.29, 0.717) is 6.04 Å². The maximum Gasteiger partial charge on any atom is 0.117 e.